The second-order valence-electron chi connectivity index (χ2n) is 16.3. The van der Waals surface area contributed by atoms with Gasteiger partial charge in [-0.25, -0.2) is 0 Å². The minimum absolute atomic E-state index is 0.115. The third-order valence-electron chi connectivity index (χ3n) is 11.9. The molecule has 2 aromatic carbocycles. The predicted molar refractivity (Wildman–Crippen MR) is 208 cm³/mol. The number of hydrogen-bond donors (Lipinski definition) is 4. The van der Waals surface area contributed by atoms with Crippen molar-refractivity contribution in [2.24, 2.45) is 34.5 Å². The molecule has 292 valence electrons. The fraction of sp³-hybridized carbons (Fsp3) is 0.619. The second-order valence-corrected chi connectivity index (χ2v) is 16.3. The Hall–Kier alpha value is -4.25. The van der Waals surface area contributed by atoms with Crippen molar-refractivity contribution in [2.75, 3.05) is 6.61 Å². The molecular weight excluding hydrogens is 683 g/mol. The average molecular weight is 742 g/mol. The van der Waals surface area contributed by atoms with Crippen LogP contribution in [0.1, 0.15) is 102 Å². The maximum atomic E-state index is 14.1. The van der Waals surface area contributed by atoms with E-state index in [0.29, 0.717) is 25.5 Å². The Morgan fingerprint density at radius 2 is 1.39 bits per heavy atom. The molecule has 5 atom stereocenters. The SMILES string of the molecule is CC(C)[C@H](NC(=O)[C@H](Cc1ccc(CN)cc1)NC(=O)C(Cc1ccccc1)N=[N+]=[N-])C(=O)N[C@@H](CC1CCC(C2CCCCC2)CC1)C(=O)[C@@]1(C)CO1. The molecule has 1 unspecified atom stereocenters. The lowest BCUT2D eigenvalue weighted by Crippen LogP contribution is -2.59. The number of epoxide rings is 1. The van der Waals surface area contributed by atoms with E-state index in [1.54, 1.807) is 6.92 Å². The van der Waals surface area contributed by atoms with E-state index in [0.717, 1.165) is 54.2 Å². The number of Topliss-reactive ketones (excluding diaryl/α,β-unsaturated/α-hetero) is 1. The van der Waals surface area contributed by atoms with Gasteiger partial charge in [0.15, 0.2) is 5.78 Å². The van der Waals surface area contributed by atoms with Gasteiger partial charge in [0.05, 0.1) is 12.6 Å². The first kappa shape index (κ1) is 40.9. The molecule has 0 radical (unpaired) electrons. The summed E-state index contributed by atoms with van der Waals surface area (Å²) in [7, 11) is 0. The Balaban J connectivity index is 1.29. The molecule has 3 aliphatic rings. The van der Waals surface area contributed by atoms with E-state index in [-0.39, 0.29) is 24.5 Å². The van der Waals surface area contributed by atoms with Crippen LogP contribution in [0, 0.1) is 23.7 Å². The summed E-state index contributed by atoms with van der Waals surface area (Å²) in [6.07, 6.45) is 11.9. The summed E-state index contributed by atoms with van der Waals surface area (Å²) < 4.78 is 5.54. The standard InChI is InChI=1S/C42H59N7O5/c1-27(2)37(41(53)45-34(38(50)42(3)26-54-42)22-30-18-20-33(21-19-30)32-12-8-5-9-13-32)47-39(51)35(23-29-14-16-31(25-43)17-15-29)46-40(52)36(48-49-44)24-28-10-6-4-7-11-28/h4,6-7,10-11,14-17,27,30,32-37H,5,8-9,12-13,18-26,43H2,1-3H3,(H,45,53)(H,46,52)(H,47,51)/t30?,33?,34-,35-,36?,37-,42+/m0/s1. The summed E-state index contributed by atoms with van der Waals surface area (Å²) in [5.74, 6) is -0.209. The third kappa shape index (κ3) is 11.4. The third-order valence-corrected chi connectivity index (χ3v) is 11.9. The van der Waals surface area contributed by atoms with Gasteiger partial charge in [-0.1, -0.05) is 119 Å². The van der Waals surface area contributed by atoms with Crippen molar-refractivity contribution in [3.05, 3.63) is 81.7 Å². The van der Waals surface area contributed by atoms with Gasteiger partial charge in [-0.2, -0.15) is 0 Å². The molecular formula is C42H59N7O5. The van der Waals surface area contributed by atoms with Crippen molar-refractivity contribution < 1.29 is 23.9 Å². The fourth-order valence-electron chi connectivity index (χ4n) is 8.35. The number of nitrogens with zero attached hydrogens (tertiary/aromatic N) is 3. The van der Waals surface area contributed by atoms with E-state index in [9.17, 15) is 24.7 Å². The Labute approximate surface area is 319 Å². The van der Waals surface area contributed by atoms with Crippen LogP contribution >= 0.6 is 0 Å². The maximum absolute atomic E-state index is 14.1. The summed E-state index contributed by atoms with van der Waals surface area (Å²) in [6.45, 7) is 6.11. The second kappa shape index (κ2) is 19.4. The molecule has 5 N–H and O–H groups in total. The lowest BCUT2D eigenvalue weighted by Gasteiger charge is -2.37. The molecule has 5 rings (SSSR count). The Bertz CT molecular complexity index is 1610. The first-order valence-electron chi connectivity index (χ1n) is 19.9. The number of nitrogens with one attached hydrogen (secondary N) is 3. The van der Waals surface area contributed by atoms with Gasteiger partial charge >= 0.3 is 0 Å². The molecule has 2 aromatic rings. The van der Waals surface area contributed by atoms with Crippen LogP contribution in [0.4, 0.5) is 0 Å². The van der Waals surface area contributed by atoms with Gasteiger partial charge < -0.3 is 26.4 Å². The number of benzene rings is 2. The van der Waals surface area contributed by atoms with Crippen LogP contribution in [-0.4, -0.2) is 59.9 Å². The highest BCUT2D eigenvalue weighted by Crippen LogP contribution is 2.41. The first-order chi connectivity index (χ1) is 26.0. The maximum Gasteiger partial charge on any atom is 0.243 e. The van der Waals surface area contributed by atoms with Crippen molar-refractivity contribution in [1.29, 1.82) is 0 Å². The van der Waals surface area contributed by atoms with E-state index in [2.05, 4.69) is 26.0 Å². The van der Waals surface area contributed by atoms with Crippen molar-refractivity contribution in [3.63, 3.8) is 0 Å². The van der Waals surface area contributed by atoms with Crippen molar-refractivity contribution >= 4 is 23.5 Å². The monoisotopic (exact) mass is 741 g/mol. The molecule has 2 aliphatic carbocycles. The number of amides is 3. The molecule has 54 heavy (non-hydrogen) atoms. The molecule has 3 amide bonds. The molecule has 3 fully saturated rings. The normalized spacial score (nSPS) is 23.6. The number of azide groups is 1. The minimum Gasteiger partial charge on any atom is -0.361 e. The Kier molecular flexibility index (Phi) is 14.7. The van der Waals surface area contributed by atoms with Crippen LogP contribution in [0.25, 0.3) is 10.4 Å². The van der Waals surface area contributed by atoms with Crippen LogP contribution in [0.5, 0.6) is 0 Å². The van der Waals surface area contributed by atoms with Gasteiger partial charge in [-0.05, 0) is 78.5 Å². The van der Waals surface area contributed by atoms with Crippen LogP contribution in [-0.2, 0) is 43.3 Å². The van der Waals surface area contributed by atoms with Crippen LogP contribution in [0.3, 0.4) is 0 Å². The van der Waals surface area contributed by atoms with E-state index in [1.807, 2.05) is 68.4 Å². The van der Waals surface area contributed by atoms with E-state index in [4.69, 9.17) is 10.5 Å². The zero-order chi connectivity index (χ0) is 38.7. The summed E-state index contributed by atoms with van der Waals surface area (Å²) in [4.78, 5) is 58.5. The van der Waals surface area contributed by atoms with Crippen molar-refractivity contribution in [1.82, 2.24) is 16.0 Å². The zero-order valence-electron chi connectivity index (χ0n) is 32.2. The number of ketones is 1. The smallest absolute Gasteiger partial charge is 0.243 e. The predicted octanol–water partition coefficient (Wildman–Crippen LogP) is 5.85. The highest BCUT2D eigenvalue weighted by Gasteiger charge is 2.51. The van der Waals surface area contributed by atoms with Gasteiger partial charge in [-0.15, -0.1) is 0 Å². The van der Waals surface area contributed by atoms with Crippen LogP contribution in [0.2, 0.25) is 0 Å². The quantitative estimate of drug-likeness (QED) is 0.0641. The first-order valence-corrected chi connectivity index (χ1v) is 19.9. The number of ether oxygens (including phenoxy) is 1. The van der Waals surface area contributed by atoms with Gasteiger partial charge in [0, 0.05) is 17.9 Å². The van der Waals surface area contributed by atoms with Gasteiger partial charge in [0.1, 0.15) is 23.7 Å². The van der Waals surface area contributed by atoms with Gasteiger partial charge in [0.2, 0.25) is 17.7 Å². The molecule has 12 nitrogen and oxygen atoms in total. The molecule has 0 bridgehead atoms. The number of hydrogen-bond acceptors (Lipinski definition) is 7. The number of carbonyl (C=O) groups is 4. The molecule has 2 saturated carbocycles. The lowest BCUT2D eigenvalue weighted by molar-refractivity contribution is -0.135. The molecule has 1 aliphatic heterocycles. The zero-order valence-corrected chi connectivity index (χ0v) is 32.2. The highest BCUT2D eigenvalue weighted by atomic mass is 16.6. The number of rotatable bonds is 18. The van der Waals surface area contributed by atoms with Gasteiger partial charge in [0.25, 0.3) is 0 Å². The largest absolute Gasteiger partial charge is 0.361 e. The summed E-state index contributed by atoms with van der Waals surface area (Å²) in [5.41, 5.74) is 16.6. The van der Waals surface area contributed by atoms with Crippen molar-refractivity contribution in [3.8, 4) is 0 Å². The van der Waals surface area contributed by atoms with Crippen molar-refractivity contribution in [2.45, 2.75) is 134 Å². The summed E-state index contributed by atoms with van der Waals surface area (Å²) in [6, 6.07) is 12.7. The Morgan fingerprint density at radius 1 is 0.796 bits per heavy atom. The fourth-order valence-corrected chi connectivity index (χ4v) is 8.35. The molecule has 0 spiro atoms. The van der Waals surface area contributed by atoms with E-state index < -0.39 is 47.5 Å². The summed E-state index contributed by atoms with van der Waals surface area (Å²) in [5, 5.41) is 12.5. The van der Waals surface area contributed by atoms with Crippen LogP contribution in [0.15, 0.2) is 59.7 Å². The van der Waals surface area contributed by atoms with Crippen LogP contribution < -0.4 is 21.7 Å². The molecule has 12 heteroatoms. The number of nitrogens with two attached hydrogens (primary N) is 1. The van der Waals surface area contributed by atoms with E-state index >= 15 is 0 Å². The van der Waals surface area contributed by atoms with E-state index in [1.165, 1.54) is 32.1 Å². The Morgan fingerprint density at radius 3 is 1.98 bits per heavy atom. The lowest BCUT2D eigenvalue weighted by atomic mass is 9.70. The molecule has 1 saturated heterocycles. The average Bonchev–Trinajstić information content (AvgIpc) is 3.95. The topological polar surface area (TPSA) is 192 Å². The highest BCUT2D eigenvalue weighted by molar-refractivity contribution is 5.98. The summed E-state index contributed by atoms with van der Waals surface area (Å²) >= 11 is 0. The van der Waals surface area contributed by atoms with Gasteiger partial charge in [-0.3, -0.25) is 19.2 Å². The number of carbonyl (C=O) groups excluding carboxylic acids is 4. The molecule has 1 heterocycles. The minimum atomic E-state index is -1.10. The molecule has 0 aromatic heterocycles.